The maximum Gasteiger partial charge on any atom is 0.250 e. The van der Waals surface area contributed by atoms with Crippen LogP contribution >= 0.6 is 31.9 Å². The van der Waals surface area contributed by atoms with E-state index in [1.54, 1.807) is 0 Å². The first-order valence-corrected chi connectivity index (χ1v) is 11.4. The average molecular weight is 418 g/mol. The lowest BCUT2D eigenvalue weighted by Gasteiger charge is -2.37. The standard InChI is InChI=1S/C16H22Br2OSi/c1-16(2,3)20(4,5)19-13-6-7-14-11(9-13)8-12(14)10-15(17)18/h6-7,9-10,12H,8H2,1-5H3. The molecule has 0 fully saturated rings. The topological polar surface area (TPSA) is 9.23 Å². The Hall–Kier alpha value is -0.0631. The van der Waals surface area contributed by atoms with Crippen LogP contribution in [0.2, 0.25) is 18.1 Å². The number of hydrogen-bond donors (Lipinski definition) is 0. The van der Waals surface area contributed by atoms with E-state index in [1.165, 1.54) is 11.1 Å². The minimum atomic E-state index is -1.73. The first-order valence-electron chi connectivity index (χ1n) is 6.95. The van der Waals surface area contributed by atoms with Crippen molar-refractivity contribution in [2.75, 3.05) is 0 Å². The largest absolute Gasteiger partial charge is 0.543 e. The van der Waals surface area contributed by atoms with Gasteiger partial charge >= 0.3 is 0 Å². The highest BCUT2D eigenvalue weighted by Gasteiger charge is 2.39. The lowest BCUT2D eigenvalue weighted by Crippen LogP contribution is -2.43. The molecule has 0 heterocycles. The monoisotopic (exact) mass is 416 g/mol. The van der Waals surface area contributed by atoms with Crippen molar-refractivity contribution in [2.24, 2.45) is 0 Å². The third-order valence-electron chi connectivity index (χ3n) is 4.46. The van der Waals surface area contributed by atoms with Gasteiger partial charge in [-0.15, -0.1) is 0 Å². The fourth-order valence-electron chi connectivity index (χ4n) is 2.15. The van der Waals surface area contributed by atoms with Gasteiger partial charge in [-0.25, -0.2) is 0 Å². The highest BCUT2D eigenvalue weighted by Crippen LogP contribution is 2.42. The Labute approximate surface area is 140 Å². The highest BCUT2D eigenvalue weighted by atomic mass is 79.9. The first kappa shape index (κ1) is 16.3. The van der Waals surface area contributed by atoms with Gasteiger partial charge in [0.25, 0.3) is 0 Å². The fourth-order valence-corrected chi connectivity index (χ4v) is 3.81. The second kappa shape index (κ2) is 5.62. The van der Waals surface area contributed by atoms with Gasteiger partial charge in [-0.3, -0.25) is 0 Å². The quantitative estimate of drug-likeness (QED) is 0.521. The Morgan fingerprint density at radius 2 is 1.95 bits per heavy atom. The van der Waals surface area contributed by atoms with Gasteiger partial charge in [0.2, 0.25) is 8.32 Å². The van der Waals surface area contributed by atoms with Crippen molar-refractivity contribution in [1.82, 2.24) is 0 Å². The van der Waals surface area contributed by atoms with Crippen LogP contribution in [-0.2, 0) is 6.42 Å². The molecule has 1 nitrogen and oxygen atoms in total. The summed E-state index contributed by atoms with van der Waals surface area (Å²) in [4.78, 5) is 0. The SMILES string of the molecule is CC(C)(C)[Si](C)(C)Oc1ccc2c(c1)CC2C=C(Br)Br. The summed E-state index contributed by atoms with van der Waals surface area (Å²) in [5, 5.41) is 0.238. The fraction of sp³-hybridized carbons (Fsp3) is 0.500. The van der Waals surface area contributed by atoms with Crippen molar-refractivity contribution in [3.8, 4) is 5.75 Å². The second-order valence-corrected chi connectivity index (χ2v) is 14.5. The van der Waals surface area contributed by atoms with Gasteiger partial charge in [-0.2, -0.15) is 0 Å². The number of rotatable bonds is 3. The van der Waals surface area contributed by atoms with Crippen LogP contribution in [0.15, 0.2) is 27.7 Å². The molecular formula is C16H22Br2OSi. The Morgan fingerprint density at radius 1 is 1.30 bits per heavy atom. The van der Waals surface area contributed by atoms with Crippen LogP contribution in [-0.4, -0.2) is 8.32 Å². The molecule has 4 heteroatoms. The van der Waals surface area contributed by atoms with Crippen LogP contribution in [0.3, 0.4) is 0 Å². The van der Waals surface area contributed by atoms with Gasteiger partial charge in [0.05, 0.1) is 3.39 Å². The lowest BCUT2D eigenvalue weighted by molar-refractivity contribution is 0.490. The summed E-state index contributed by atoms with van der Waals surface area (Å²) >= 11 is 6.87. The molecule has 1 unspecified atom stereocenters. The predicted molar refractivity (Wildman–Crippen MR) is 96.6 cm³/mol. The number of allylic oxidation sites excluding steroid dienone is 1. The Balaban J connectivity index is 2.15. The molecule has 0 bridgehead atoms. The van der Waals surface area contributed by atoms with Gasteiger partial charge in [0, 0.05) is 5.92 Å². The molecule has 20 heavy (non-hydrogen) atoms. The molecule has 0 saturated carbocycles. The predicted octanol–water partition coefficient (Wildman–Crippen LogP) is 6.34. The number of hydrogen-bond acceptors (Lipinski definition) is 1. The molecule has 1 aliphatic carbocycles. The third kappa shape index (κ3) is 3.39. The summed E-state index contributed by atoms with van der Waals surface area (Å²) in [5.74, 6) is 1.57. The minimum absolute atomic E-state index is 0.238. The first-order chi connectivity index (χ1) is 9.10. The van der Waals surface area contributed by atoms with Crippen LogP contribution in [0, 0.1) is 0 Å². The van der Waals surface area contributed by atoms with Crippen LogP contribution in [0.4, 0.5) is 0 Å². The normalized spacial score (nSPS) is 18.1. The summed E-state index contributed by atoms with van der Waals surface area (Å²) in [6.07, 6.45) is 3.31. The van der Waals surface area contributed by atoms with Gasteiger partial charge in [0.1, 0.15) is 5.75 Å². The number of fused-ring (bicyclic) bond motifs is 1. The maximum atomic E-state index is 6.36. The van der Waals surface area contributed by atoms with E-state index >= 15 is 0 Å². The Kier molecular flexibility index (Phi) is 4.58. The van der Waals surface area contributed by atoms with E-state index in [1.807, 2.05) is 0 Å². The molecule has 110 valence electrons. The lowest BCUT2D eigenvalue weighted by atomic mass is 9.78. The molecule has 1 aromatic carbocycles. The van der Waals surface area contributed by atoms with E-state index in [4.69, 9.17) is 4.43 Å². The summed E-state index contributed by atoms with van der Waals surface area (Å²) in [7, 11) is -1.73. The summed E-state index contributed by atoms with van der Waals surface area (Å²) in [5.41, 5.74) is 2.84. The van der Waals surface area contributed by atoms with Crippen molar-refractivity contribution in [1.29, 1.82) is 0 Å². The van der Waals surface area contributed by atoms with Gasteiger partial charge < -0.3 is 4.43 Å². The van der Waals surface area contributed by atoms with E-state index in [2.05, 4.69) is 90.0 Å². The average Bonchev–Trinajstić information content (AvgIpc) is 2.24. The van der Waals surface area contributed by atoms with E-state index in [0.717, 1.165) is 15.6 Å². The molecule has 1 aliphatic rings. The molecule has 1 aromatic rings. The molecule has 1 atom stereocenters. The van der Waals surface area contributed by atoms with Crippen molar-refractivity contribution >= 4 is 40.2 Å². The summed E-state index contributed by atoms with van der Waals surface area (Å²) in [6.45, 7) is 11.4. The van der Waals surface area contributed by atoms with E-state index in [-0.39, 0.29) is 5.04 Å². The van der Waals surface area contributed by atoms with Crippen molar-refractivity contribution in [3.63, 3.8) is 0 Å². The highest BCUT2D eigenvalue weighted by molar-refractivity contribution is 9.28. The van der Waals surface area contributed by atoms with Crippen LogP contribution in [0.5, 0.6) is 5.75 Å². The maximum absolute atomic E-state index is 6.36. The van der Waals surface area contributed by atoms with Crippen molar-refractivity contribution in [3.05, 3.63) is 38.8 Å². The summed E-state index contributed by atoms with van der Waals surface area (Å²) in [6, 6.07) is 6.56. The molecule has 0 aliphatic heterocycles. The molecule has 0 N–H and O–H groups in total. The molecule has 2 rings (SSSR count). The molecular weight excluding hydrogens is 396 g/mol. The zero-order chi connectivity index (χ0) is 15.1. The smallest absolute Gasteiger partial charge is 0.250 e. The van der Waals surface area contributed by atoms with Crippen LogP contribution in [0.25, 0.3) is 0 Å². The van der Waals surface area contributed by atoms with Crippen molar-refractivity contribution < 1.29 is 4.43 Å². The molecule has 0 amide bonds. The zero-order valence-electron chi connectivity index (χ0n) is 12.8. The second-order valence-electron chi connectivity index (χ2n) is 6.99. The van der Waals surface area contributed by atoms with Crippen LogP contribution in [0.1, 0.15) is 37.8 Å². The number of halogens is 2. The molecule has 0 radical (unpaired) electrons. The Morgan fingerprint density at radius 3 is 2.45 bits per heavy atom. The molecule has 0 spiro atoms. The molecule has 0 saturated heterocycles. The van der Waals surface area contributed by atoms with Gasteiger partial charge in [-0.1, -0.05) is 32.9 Å². The van der Waals surface area contributed by atoms with Crippen LogP contribution < -0.4 is 4.43 Å². The Bertz CT molecular complexity index is 540. The van der Waals surface area contributed by atoms with E-state index in [9.17, 15) is 0 Å². The zero-order valence-corrected chi connectivity index (χ0v) is 16.9. The minimum Gasteiger partial charge on any atom is -0.543 e. The summed E-state index contributed by atoms with van der Waals surface area (Å²) < 4.78 is 7.39. The van der Waals surface area contributed by atoms with Gasteiger partial charge in [-0.05, 0) is 79.7 Å². The number of benzene rings is 1. The third-order valence-corrected chi connectivity index (χ3v) is 9.35. The molecule has 0 aromatic heterocycles. The van der Waals surface area contributed by atoms with Gasteiger partial charge in [0.15, 0.2) is 0 Å². The van der Waals surface area contributed by atoms with E-state index < -0.39 is 8.32 Å². The van der Waals surface area contributed by atoms with Crippen molar-refractivity contribution in [2.45, 2.75) is 51.2 Å². The van der Waals surface area contributed by atoms with E-state index in [0.29, 0.717) is 5.92 Å².